The number of amides is 3. The Kier molecular flexibility index (Phi) is 9.49. The highest BCUT2D eigenvalue weighted by atomic mass is 32.2. The molecule has 0 aliphatic heterocycles. The van der Waals surface area contributed by atoms with Crippen molar-refractivity contribution in [2.45, 2.75) is 19.0 Å². The lowest BCUT2D eigenvalue weighted by Crippen LogP contribution is -2.45. The van der Waals surface area contributed by atoms with Gasteiger partial charge in [0, 0.05) is 33.4 Å². The third-order valence-corrected chi connectivity index (χ3v) is 4.49. The topological polar surface area (TPSA) is 105 Å². The first-order valence-corrected chi connectivity index (χ1v) is 9.85. The average Bonchev–Trinajstić information content (AvgIpc) is 2.62. The maximum absolute atomic E-state index is 12.2. The summed E-state index contributed by atoms with van der Waals surface area (Å²) in [5.41, 5.74) is 7.12. The van der Waals surface area contributed by atoms with Crippen LogP contribution in [-0.2, 0) is 20.9 Å². The number of likely N-dealkylation sites (N-methyl/N-ethyl adjacent to an activating group) is 1. The summed E-state index contributed by atoms with van der Waals surface area (Å²) in [4.78, 5) is 38.8. The molecule has 1 aromatic rings. The maximum atomic E-state index is 12.2. The number of nitrogens with one attached hydrogen (secondary N) is 1. The lowest BCUT2D eigenvalue weighted by Gasteiger charge is -2.20. The zero-order chi connectivity index (χ0) is 20.4. The van der Waals surface area contributed by atoms with Crippen LogP contribution in [0.5, 0.6) is 0 Å². The van der Waals surface area contributed by atoms with Crippen molar-refractivity contribution in [2.75, 3.05) is 44.7 Å². The molecule has 0 aromatic heterocycles. The monoisotopic (exact) mass is 396 g/mol. The van der Waals surface area contributed by atoms with Crippen LogP contribution in [0.4, 0.5) is 10.5 Å². The van der Waals surface area contributed by atoms with Gasteiger partial charge in [-0.1, -0.05) is 12.1 Å². The van der Waals surface area contributed by atoms with E-state index in [1.807, 2.05) is 49.5 Å². The number of primary amides is 1. The Bertz CT molecular complexity index is 637. The molecule has 8 nitrogen and oxygen atoms in total. The van der Waals surface area contributed by atoms with Gasteiger partial charge in [0.05, 0.1) is 0 Å². The smallest absolute Gasteiger partial charge is 0.329 e. The van der Waals surface area contributed by atoms with E-state index in [1.165, 1.54) is 16.7 Å². The van der Waals surface area contributed by atoms with E-state index in [0.29, 0.717) is 18.7 Å². The second-order valence-corrected chi connectivity index (χ2v) is 7.25. The summed E-state index contributed by atoms with van der Waals surface area (Å²) in [7, 11) is 5.56. The third kappa shape index (κ3) is 8.21. The molecule has 150 valence electrons. The van der Waals surface area contributed by atoms with Crippen molar-refractivity contribution in [1.29, 1.82) is 0 Å². The third-order valence-electron chi connectivity index (χ3n) is 3.85. The predicted molar refractivity (Wildman–Crippen MR) is 108 cm³/mol. The molecule has 0 unspecified atom stereocenters. The fraction of sp³-hybridized carbons (Fsp3) is 0.500. The zero-order valence-electron chi connectivity index (χ0n) is 16.2. The van der Waals surface area contributed by atoms with Crippen molar-refractivity contribution in [3.05, 3.63) is 29.8 Å². The number of thioether (sulfide) groups is 1. The van der Waals surface area contributed by atoms with Crippen LogP contribution in [0, 0.1) is 0 Å². The molecule has 0 bridgehead atoms. The van der Waals surface area contributed by atoms with Crippen molar-refractivity contribution in [2.24, 2.45) is 5.73 Å². The Morgan fingerprint density at radius 3 is 2.33 bits per heavy atom. The van der Waals surface area contributed by atoms with Crippen LogP contribution >= 0.6 is 11.8 Å². The van der Waals surface area contributed by atoms with Crippen LogP contribution in [0.25, 0.3) is 0 Å². The molecule has 0 saturated heterocycles. The number of hydrogen-bond donors (Lipinski definition) is 2. The van der Waals surface area contributed by atoms with Crippen LogP contribution < -0.4 is 16.0 Å². The lowest BCUT2D eigenvalue weighted by molar-refractivity contribution is -0.153. The van der Waals surface area contributed by atoms with Crippen molar-refractivity contribution < 1.29 is 19.1 Å². The van der Waals surface area contributed by atoms with Crippen LogP contribution in [0.2, 0.25) is 0 Å². The highest BCUT2D eigenvalue weighted by molar-refractivity contribution is 7.98. The summed E-state index contributed by atoms with van der Waals surface area (Å²) >= 11 is 1.53. The molecule has 3 amide bonds. The van der Waals surface area contributed by atoms with E-state index in [2.05, 4.69) is 5.32 Å². The van der Waals surface area contributed by atoms with Gasteiger partial charge in [-0.15, -0.1) is 0 Å². The van der Waals surface area contributed by atoms with Crippen LogP contribution in [0.15, 0.2) is 24.3 Å². The quantitative estimate of drug-likeness (QED) is 0.573. The molecule has 0 aliphatic carbocycles. The number of anilines is 1. The second-order valence-electron chi connectivity index (χ2n) is 6.26. The number of rotatable bonds is 10. The maximum Gasteiger partial charge on any atom is 0.329 e. The van der Waals surface area contributed by atoms with Gasteiger partial charge in [0.1, 0.15) is 6.04 Å². The van der Waals surface area contributed by atoms with Gasteiger partial charge < -0.3 is 25.6 Å². The minimum atomic E-state index is -0.855. The Morgan fingerprint density at radius 2 is 1.81 bits per heavy atom. The largest absolute Gasteiger partial charge is 0.454 e. The summed E-state index contributed by atoms with van der Waals surface area (Å²) in [5, 5.41) is 2.34. The van der Waals surface area contributed by atoms with Gasteiger partial charge in [0.25, 0.3) is 5.91 Å². The normalized spacial score (nSPS) is 11.4. The number of hydrogen-bond acceptors (Lipinski definition) is 6. The summed E-state index contributed by atoms with van der Waals surface area (Å²) in [6, 6.07) is 6.18. The minimum Gasteiger partial charge on any atom is -0.454 e. The van der Waals surface area contributed by atoms with Gasteiger partial charge in [-0.05, 0) is 36.1 Å². The molecule has 9 heteroatoms. The molecular formula is C18H28N4O4S. The molecular weight excluding hydrogens is 368 g/mol. The van der Waals surface area contributed by atoms with E-state index in [4.69, 9.17) is 10.5 Å². The number of ether oxygens (including phenoxy) is 1. The van der Waals surface area contributed by atoms with Gasteiger partial charge in [0.15, 0.2) is 6.61 Å². The van der Waals surface area contributed by atoms with Gasteiger partial charge in [0.2, 0.25) is 0 Å². The number of carbonyl (C=O) groups excluding carboxylic acids is 3. The van der Waals surface area contributed by atoms with E-state index in [0.717, 1.165) is 11.3 Å². The first-order valence-electron chi connectivity index (χ1n) is 8.46. The van der Waals surface area contributed by atoms with Crippen molar-refractivity contribution in [3.63, 3.8) is 0 Å². The first kappa shape index (κ1) is 22.6. The number of nitrogens with two attached hydrogens (primary N) is 1. The minimum absolute atomic E-state index is 0.331. The van der Waals surface area contributed by atoms with Gasteiger partial charge in [-0.2, -0.15) is 11.8 Å². The molecule has 1 aromatic carbocycles. The Labute approximate surface area is 164 Å². The molecule has 0 spiro atoms. The van der Waals surface area contributed by atoms with Gasteiger partial charge in [-0.3, -0.25) is 4.79 Å². The highest BCUT2D eigenvalue weighted by Crippen LogP contribution is 2.13. The van der Waals surface area contributed by atoms with Crippen molar-refractivity contribution >= 4 is 35.4 Å². The predicted octanol–water partition coefficient (Wildman–Crippen LogP) is 1.04. The fourth-order valence-electron chi connectivity index (χ4n) is 2.26. The number of carbonyl (C=O) groups is 3. The van der Waals surface area contributed by atoms with Crippen molar-refractivity contribution in [3.8, 4) is 0 Å². The van der Waals surface area contributed by atoms with E-state index in [-0.39, 0.29) is 12.5 Å². The lowest BCUT2D eigenvalue weighted by atomic mass is 10.2. The van der Waals surface area contributed by atoms with Crippen LogP contribution in [-0.4, -0.2) is 68.6 Å². The molecule has 1 rings (SSSR count). The van der Waals surface area contributed by atoms with Crippen molar-refractivity contribution in [1.82, 2.24) is 10.2 Å². The Balaban J connectivity index is 2.53. The Morgan fingerprint density at radius 1 is 1.19 bits per heavy atom. The summed E-state index contributed by atoms with van der Waals surface area (Å²) in [6.07, 6.45) is 2.27. The molecule has 0 saturated carbocycles. The van der Waals surface area contributed by atoms with E-state index < -0.39 is 18.0 Å². The molecule has 0 radical (unpaired) electrons. The van der Waals surface area contributed by atoms with E-state index in [1.54, 1.807) is 7.05 Å². The van der Waals surface area contributed by atoms with Crippen LogP contribution in [0.3, 0.4) is 0 Å². The fourth-order valence-corrected chi connectivity index (χ4v) is 2.73. The van der Waals surface area contributed by atoms with Gasteiger partial charge in [-0.25, -0.2) is 9.59 Å². The molecule has 1 atom stereocenters. The first-order chi connectivity index (χ1) is 12.7. The van der Waals surface area contributed by atoms with E-state index >= 15 is 0 Å². The van der Waals surface area contributed by atoms with Gasteiger partial charge >= 0.3 is 12.0 Å². The molecule has 0 aliphatic rings. The standard InChI is InChI=1S/C18H28N4O4S/c1-21(2)14-7-5-13(6-8-14)11-22(3)16(23)12-26-17(24)15(9-10-27-4)20-18(19)25/h5-8,15H,9-12H2,1-4H3,(H3,19,20,25)/t15-/m1/s1. The highest BCUT2D eigenvalue weighted by Gasteiger charge is 2.22. The zero-order valence-corrected chi connectivity index (χ0v) is 17.0. The summed E-state index contributed by atoms with van der Waals surface area (Å²) in [6.45, 7) is 0.0147. The second kappa shape index (κ2) is 11.3. The molecule has 0 fully saturated rings. The van der Waals surface area contributed by atoms with Crippen LogP contribution in [0.1, 0.15) is 12.0 Å². The molecule has 27 heavy (non-hydrogen) atoms. The number of benzene rings is 1. The summed E-state index contributed by atoms with van der Waals surface area (Å²) in [5.74, 6) is -0.348. The number of urea groups is 1. The Hall–Kier alpha value is -2.42. The summed E-state index contributed by atoms with van der Waals surface area (Å²) < 4.78 is 5.06. The molecule has 0 heterocycles. The SMILES string of the molecule is CSCC[C@@H](NC(N)=O)C(=O)OCC(=O)N(C)Cc1ccc(N(C)C)cc1. The number of esters is 1. The van der Waals surface area contributed by atoms with E-state index in [9.17, 15) is 14.4 Å². The average molecular weight is 397 g/mol. The number of nitrogens with zero attached hydrogens (tertiary/aromatic N) is 2. The molecule has 3 N–H and O–H groups in total.